The van der Waals surface area contributed by atoms with Crippen LogP contribution in [0.5, 0.6) is 0 Å². The summed E-state index contributed by atoms with van der Waals surface area (Å²) in [6.07, 6.45) is 9.73. The number of likely N-dealkylation sites (tertiary alicyclic amines) is 1. The van der Waals surface area contributed by atoms with Gasteiger partial charge in [0.1, 0.15) is 5.82 Å². The molecule has 0 saturated carbocycles. The fraction of sp³-hybridized carbons (Fsp3) is 0.611. The van der Waals surface area contributed by atoms with Gasteiger partial charge in [-0.25, -0.2) is 4.98 Å². The SMILES string of the molecule is CC(C)c1nccn1[C@@H]1CCCN(C(=O)[C@@H](C)Cn2cccn2)C1. The Hall–Kier alpha value is -2.11. The maximum Gasteiger partial charge on any atom is 0.227 e. The fourth-order valence-corrected chi connectivity index (χ4v) is 3.54. The third kappa shape index (κ3) is 3.52. The summed E-state index contributed by atoms with van der Waals surface area (Å²) >= 11 is 0. The first-order chi connectivity index (χ1) is 11.6. The molecule has 3 heterocycles. The topological polar surface area (TPSA) is 56.0 Å². The Morgan fingerprint density at radius 1 is 1.29 bits per heavy atom. The van der Waals surface area contributed by atoms with Crippen molar-refractivity contribution in [3.63, 3.8) is 0 Å². The van der Waals surface area contributed by atoms with Crippen LogP contribution in [0.4, 0.5) is 0 Å². The van der Waals surface area contributed by atoms with Gasteiger partial charge in [0.15, 0.2) is 0 Å². The largest absolute Gasteiger partial charge is 0.340 e. The molecule has 1 aliphatic heterocycles. The van der Waals surface area contributed by atoms with Crippen LogP contribution in [-0.2, 0) is 11.3 Å². The van der Waals surface area contributed by atoms with Crippen molar-refractivity contribution in [2.75, 3.05) is 13.1 Å². The molecule has 3 rings (SSSR count). The minimum Gasteiger partial charge on any atom is -0.340 e. The maximum atomic E-state index is 12.8. The fourth-order valence-electron chi connectivity index (χ4n) is 3.54. The first kappa shape index (κ1) is 16.7. The molecule has 24 heavy (non-hydrogen) atoms. The number of aromatic nitrogens is 4. The van der Waals surface area contributed by atoms with Crippen molar-refractivity contribution in [3.8, 4) is 0 Å². The maximum absolute atomic E-state index is 12.8. The van der Waals surface area contributed by atoms with E-state index < -0.39 is 0 Å². The van der Waals surface area contributed by atoms with Crippen molar-refractivity contribution in [1.82, 2.24) is 24.2 Å². The van der Waals surface area contributed by atoms with Gasteiger partial charge in [0, 0.05) is 43.8 Å². The minimum absolute atomic E-state index is 0.0593. The highest BCUT2D eigenvalue weighted by atomic mass is 16.2. The molecule has 0 aliphatic carbocycles. The van der Waals surface area contributed by atoms with Gasteiger partial charge >= 0.3 is 0 Å². The molecular formula is C18H27N5O. The number of hydrogen-bond acceptors (Lipinski definition) is 3. The Morgan fingerprint density at radius 3 is 2.83 bits per heavy atom. The molecule has 1 aliphatic rings. The quantitative estimate of drug-likeness (QED) is 0.847. The van der Waals surface area contributed by atoms with Crippen LogP contribution < -0.4 is 0 Å². The van der Waals surface area contributed by atoms with Crippen molar-refractivity contribution in [2.45, 2.75) is 52.1 Å². The summed E-state index contributed by atoms with van der Waals surface area (Å²) in [6, 6.07) is 2.22. The van der Waals surface area contributed by atoms with Crippen LogP contribution in [0.2, 0.25) is 0 Å². The summed E-state index contributed by atoms with van der Waals surface area (Å²) in [7, 11) is 0. The van der Waals surface area contributed by atoms with E-state index in [4.69, 9.17) is 0 Å². The van der Waals surface area contributed by atoms with Crippen LogP contribution in [0, 0.1) is 5.92 Å². The lowest BCUT2D eigenvalue weighted by Crippen LogP contribution is -2.44. The van der Waals surface area contributed by atoms with Gasteiger partial charge in [-0.1, -0.05) is 20.8 Å². The van der Waals surface area contributed by atoms with E-state index in [-0.39, 0.29) is 11.8 Å². The smallest absolute Gasteiger partial charge is 0.227 e. The molecule has 2 atom stereocenters. The molecule has 0 unspecified atom stereocenters. The van der Waals surface area contributed by atoms with Gasteiger partial charge in [-0.05, 0) is 18.9 Å². The van der Waals surface area contributed by atoms with Crippen LogP contribution in [0.3, 0.4) is 0 Å². The van der Waals surface area contributed by atoms with Gasteiger partial charge in [0.05, 0.1) is 18.5 Å². The van der Waals surface area contributed by atoms with Crippen LogP contribution >= 0.6 is 0 Å². The van der Waals surface area contributed by atoms with E-state index in [1.165, 1.54) is 0 Å². The third-order valence-corrected chi connectivity index (χ3v) is 4.76. The Bertz CT molecular complexity index is 661. The second kappa shape index (κ2) is 7.20. The van der Waals surface area contributed by atoms with E-state index in [9.17, 15) is 4.79 Å². The van der Waals surface area contributed by atoms with Gasteiger partial charge in [-0.3, -0.25) is 9.48 Å². The number of nitrogens with zero attached hydrogens (tertiary/aromatic N) is 5. The highest BCUT2D eigenvalue weighted by molar-refractivity contribution is 5.78. The van der Waals surface area contributed by atoms with Crippen molar-refractivity contribution in [1.29, 1.82) is 0 Å². The zero-order valence-corrected chi connectivity index (χ0v) is 14.8. The molecule has 130 valence electrons. The van der Waals surface area contributed by atoms with Gasteiger partial charge in [0.25, 0.3) is 0 Å². The van der Waals surface area contributed by atoms with Gasteiger partial charge in [-0.2, -0.15) is 5.10 Å². The van der Waals surface area contributed by atoms with E-state index in [0.717, 1.165) is 31.8 Å². The Balaban J connectivity index is 1.66. The molecule has 0 N–H and O–H groups in total. The summed E-state index contributed by atoms with van der Waals surface area (Å²) in [5.41, 5.74) is 0. The molecule has 0 spiro atoms. The molecule has 0 aromatic carbocycles. The first-order valence-corrected chi connectivity index (χ1v) is 8.85. The molecule has 1 fully saturated rings. The van der Waals surface area contributed by atoms with Crippen molar-refractivity contribution in [3.05, 3.63) is 36.7 Å². The second-order valence-corrected chi connectivity index (χ2v) is 7.06. The second-order valence-electron chi connectivity index (χ2n) is 7.06. The Kier molecular flexibility index (Phi) is 5.02. The van der Waals surface area contributed by atoms with E-state index in [0.29, 0.717) is 18.5 Å². The Labute approximate surface area is 143 Å². The first-order valence-electron chi connectivity index (χ1n) is 8.85. The highest BCUT2D eigenvalue weighted by Crippen LogP contribution is 2.26. The van der Waals surface area contributed by atoms with Crippen molar-refractivity contribution < 1.29 is 4.79 Å². The number of rotatable bonds is 5. The van der Waals surface area contributed by atoms with E-state index in [2.05, 4.69) is 34.7 Å². The lowest BCUT2D eigenvalue weighted by Gasteiger charge is -2.35. The number of carbonyl (C=O) groups excluding carboxylic acids is 1. The summed E-state index contributed by atoms with van der Waals surface area (Å²) < 4.78 is 4.10. The third-order valence-electron chi connectivity index (χ3n) is 4.76. The molecule has 2 aromatic rings. The predicted octanol–water partition coefficient (Wildman–Crippen LogP) is 2.70. The lowest BCUT2D eigenvalue weighted by atomic mass is 10.0. The van der Waals surface area contributed by atoms with Gasteiger partial charge < -0.3 is 9.47 Å². The molecule has 1 saturated heterocycles. The van der Waals surface area contributed by atoms with Gasteiger partial charge in [0.2, 0.25) is 5.91 Å². The summed E-state index contributed by atoms with van der Waals surface area (Å²) in [6.45, 7) is 8.58. The molecule has 0 radical (unpaired) electrons. The monoisotopic (exact) mass is 329 g/mol. The van der Waals surface area contributed by atoms with Crippen molar-refractivity contribution in [2.24, 2.45) is 5.92 Å². The molecule has 6 nitrogen and oxygen atoms in total. The van der Waals surface area contributed by atoms with Crippen LogP contribution in [0.25, 0.3) is 0 Å². The average molecular weight is 329 g/mol. The minimum atomic E-state index is -0.0593. The molecular weight excluding hydrogens is 302 g/mol. The summed E-state index contributed by atoms with van der Waals surface area (Å²) in [5.74, 6) is 1.67. The van der Waals surface area contributed by atoms with E-state index in [1.54, 1.807) is 6.20 Å². The van der Waals surface area contributed by atoms with E-state index >= 15 is 0 Å². The highest BCUT2D eigenvalue weighted by Gasteiger charge is 2.29. The average Bonchev–Trinajstić information content (AvgIpc) is 3.25. The number of imidazole rings is 1. The number of amides is 1. The number of hydrogen-bond donors (Lipinski definition) is 0. The van der Waals surface area contributed by atoms with Crippen molar-refractivity contribution >= 4 is 5.91 Å². The zero-order valence-electron chi connectivity index (χ0n) is 14.8. The van der Waals surface area contributed by atoms with E-state index in [1.807, 2.05) is 35.0 Å². The predicted molar refractivity (Wildman–Crippen MR) is 92.6 cm³/mol. The molecule has 6 heteroatoms. The van der Waals surface area contributed by atoms with Gasteiger partial charge in [-0.15, -0.1) is 0 Å². The van der Waals surface area contributed by atoms with Crippen LogP contribution in [0.1, 0.15) is 51.4 Å². The summed E-state index contributed by atoms with van der Waals surface area (Å²) in [5, 5.41) is 4.20. The molecule has 1 amide bonds. The number of carbonyl (C=O) groups is 1. The van der Waals surface area contributed by atoms with Crippen LogP contribution in [-0.4, -0.2) is 43.2 Å². The molecule has 0 bridgehead atoms. The summed E-state index contributed by atoms with van der Waals surface area (Å²) in [4.78, 5) is 19.3. The lowest BCUT2D eigenvalue weighted by molar-refractivity contribution is -0.137. The van der Waals surface area contributed by atoms with Crippen LogP contribution in [0.15, 0.2) is 30.9 Å². The normalized spacial score (nSPS) is 19.7. The zero-order chi connectivity index (χ0) is 17.1. The molecule has 2 aromatic heterocycles. The Morgan fingerprint density at radius 2 is 2.12 bits per heavy atom. The standard InChI is InChI=1S/C18H27N5O/c1-14(2)17-19-8-11-23(17)16-6-4-9-21(13-16)18(24)15(3)12-22-10-5-7-20-22/h5,7-8,10-11,14-16H,4,6,9,12-13H2,1-3H3/t15-,16+/m0/s1. The number of piperidine rings is 1.